The SMILES string of the molecule is CCCc1nc(OCc2ccccc2)c(CN2CCc3c(Cl)cc(C(OC)C4CN(C)C4)c(Cl)c3C2=O)c2ccn(COCC[Si](C)(C)C)c12. The Hall–Kier alpha value is -2.92. The van der Waals surface area contributed by atoms with Crippen molar-refractivity contribution in [3.63, 3.8) is 0 Å². The van der Waals surface area contributed by atoms with Crippen LogP contribution in [0.15, 0.2) is 48.7 Å². The van der Waals surface area contributed by atoms with E-state index in [0.29, 0.717) is 54.3 Å². The van der Waals surface area contributed by atoms with Gasteiger partial charge in [0.25, 0.3) is 5.91 Å². The maximum atomic E-state index is 14.5. The summed E-state index contributed by atoms with van der Waals surface area (Å²) in [4.78, 5) is 23.7. The van der Waals surface area contributed by atoms with E-state index in [0.717, 1.165) is 77.4 Å². The van der Waals surface area contributed by atoms with Crippen LogP contribution in [-0.2, 0) is 42.2 Å². The molecule has 1 amide bonds. The summed E-state index contributed by atoms with van der Waals surface area (Å²) < 4.78 is 20.8. The van der Waals surface area contributed by atoms with E-state index >= 15 is 0 Å². The van der Waals surface area contributed by atoms with Gasteiger partial charge in [0.05, 0.1) is 34.4 Å². The van der Waals surface area contributed by atoms with E-state index in [1.807, 2.05) is 41.3 Å². The van der Waals surface area contributed by atoms with Crippen LogP contribution in [0, 0.1) is 5.92 Å². The second kappa shape index (κ2) is 15.8. The first kappa shape index (κ1) is 36.9. The van der Waals surface area contributed by atoms with E-state index in [9.17, 15) is 4.79 Å². The number of carbonyl (C=O) groups is 1. The summed E-state index contributed by atoms with van der Waals surface area (Å²) in [7, 11) is 2.56. The summed E-state index contributed by atoms with van der Waals surface area (Å²) in [6.07, 6.45) is 4.15. The Kier molecular flexibility index (Phi) is 11.6. The lowest BCUT2D eigenvalue weighted by atomic mass is 9.86. The lowest BCUT2D eigenvalue weighted by Gasteiger charge is -2.41. The van der Waals surface area contributed by atoms with Crippen LogP contribution in [0.4, 0.5) is 0 Å². The quantitative estimate of drug-likeness (QED) is 0.0900. The summed E-state index contributed by atoms with van der Waals surface area (Å²) in [5.41, 5.74) is 5.97. The number of amides is 1. The second-order valence-electron chi connectivity index (χ2n) is 15.0. The molecule has 2 aliphatic rings. The zero-order chi connectivity index (χ0) is 35.6. The number of benzene rings is 2. The Morgan fingerprint density at radius 3 is 2.54 bits per heavy atom. The van der Waals surface area contributed by atoms with Crippen LogP contribution >= 0.6 is 23.2 Å². The van der Waals surface area contributed by atoms with Crippen LogP contribution in [0.5, 0.6) is 5.88 Å². The lowest BCUT2D eigenvalue weighted by Crippen LogP contribution is -2.47. The summed E-state index contributed by atoms with van der Waals surface area (Å²) >= 11 is 14.0. The molecule has 2 aliphatic heterocycles. The Bertz CT molecular complexity index is 1820. The van der Waals surface area contributed by atoms with Gasteiger partial charge in [0.2, 0.25) is 5.88 Å². The van der Waals surface area contributed by atoms with Gasteiger partial charge < -0.3 is 28.6 Å². The van der Waals surface area contributed by atoms with Gasteiger partial charge in [-0.1, -0.05) is 86.5 Å². The smallest absolute Gasteiger partial charge is 0.256 e. The molecule has 4 heterocycles. The molecule has 2 aromatic heterocycles. The van der Waals surface area contributed by atoms with Gasteiger partial charge in [-0.05, 0) is 49.2 Å². The number of aryl methyl sites for hydroxylation is 1. The molecule has 0 saturated carbocycles. The number of ether oxygens (including phenoxy) is 3. The zero-order valence-corrected chi connectivity index (χ0v) is 32.7. The molecule has 1 atom stereocenters. The molecular formula is C39H50Cl2N4O4Si. The first-order chi connectivity index (χ1) is 24.0. The van der Waals surface area contributed by atoms with Crippen LogP contribution in [0.1, 0.15) is 57.8 Å². The van der Waals surface area contributed by atoms with Gasteiger partial charge >= 0.3 is 0 Å². The summed E-state index contributed by atoms with van der Waals surface area (Å²) in [5.74, 6) is 0.682. The number of likely N-dealkylation sites (tertiary alicyclic amines) is 1. The molecule has 0 bridgehead atoms. The fraction of sp³-hybridized carbons (Fsp3) is 0.487. The molecule has 0 radical (unpaired) electrons. The molecule has 1 fully saturated rings. The molecule has 8 nitrogen and oxygen atoms in total. The maximum Gasteiger partial charge on any atom is 0.256 e. The highest BCUT2D eigenvalue weighted by atomic mass is 35.5. The van der Waals surface area contributed by atoms with Crippen LogP contribution in [-0.4, -0.2) is 73.7 Å². The Morgan fingerprint density at radius 1 is 1.10 bits per heavy atom. The van der Waals surface area contributed by atoms with Crippen LogP contribution < -0.4 is 4.74 Å². The fourth-order valence-electron chi connectivity index (χ4n) is 7.17. The number of fused-ring (bicyclic) bond motifs is 2. The van der Waals surface area contributed by atoms with Gasteiger partial charge in [0.15, 0.2) is 0 Å². The third-order valence-electron chi connectivity index (χ3n) is 9.90. The van der Waals surface area contributed by atoms with Crippen molar-refractivity contribution >= 4 is 48.1 Å². The Morgan fingerprint density at radius 2 is 1.86 bits per heavy atom. The highest BCUT2D eigenvalue weighted by Crippen LogP contribution is 2.43. The van der Waals surface area contributed by atoms with Gasteiger partial charge in [-0.3, -0.25) is 4.79 Å². The maximum absolute atomic E-state index is 14.5. The van der Waals surface area contributed by atoms with Crippen LogP contribution in [0.3, 0.4) is 0 Å². The molecule has 1 unspecified atom stereocenters. The fourth-order valence-corrected chi connectivity index (χ4v) is 8.59. The molecule has 4 aromatic rings. The van der Waals surface area contributed by atoms with Crippen LogP contribution in [0.2, 0.25) is 35.7 Å². The molecule has 0 N–H and O–H groups in total. The predicted octanol–water partition coefficient (Wildman–Crippen LogP) is 8.63. The van der Waals surface area contributed by atoms with Crippen LogP contribution in [0.25, 0.3) is 10.9 Å². The lowest BCUT2D eigenvalue weighted by molar-refractivity contribution is -0.0197. The minimum Gasteiger partial charge on any atom is -0.473 e. The van der Waals surface area contributed by atoms with Crippen molar-refractivity contribution in [2.75, 3.05) is 40.4 Å². The largest absolute Gasteiger partial charge is 0.473 e. The molecule has 268 valence electrons. The van der Waals surface area contributed by atoms with Crippen molar-refractivity contribution in [2.45, 2.75) is 77.9 Å². The molecular weight excluding hydrogens is 687 g/mol. The first-order valence-electron chi connectivity index (χ1n) is 17.8. The molecule has 50 heavy (non-hydrogen) atoms. The van der Waals surface area contributed by atoms with E-state index in [-0.39, 0.29) is 17.9 Å². The topological polar surface area (TPSA) is 69.1 Å². The van der Waals surface area contributed by atoms with E-state index in [1.165, 1.54) is 0 Å². The number of pyridine rings is 1. The molecule has 11 heteroatoms. The number of rotatable bonds is 15. The number of carbonyl (C=O) groups excluding carboxylic acids is 1. The Labute approximate surface area is 307 Å². The second-order valence-corrected chi connectivity index (χ2v) is 21.4. The summed E-state index contributed by atoms with van der Waals surface area (Å²) in [5, 5.41) is 2.02. The molecule has 0 aliphatic carbocycles. The van der Waals surface area contributed by atoms with E-state index in [2.05, 4.69) is 55.3 Å². The van der Waals surface area contributed by atoms with Crippen molar-refractivity contribution in [1.82, 2.24) is 19.4 Å². The van der Waals surface area contributed by atoms with E-state index < -0.39 is 8.07 Å². The normalized spacial score (nSPS) is 16.2. The number of hydrogen-bond acceptors (Lipinski definition) is 6. The highest BCUT2D eigenvalue weighted by molar-refractivity contribution is 6.76. The molecule has 0 spiro atoms. The average molecular weight is 738 g/mol. The van der Waals surface area contributed by atoms with Gasteiger partial charge in [-0.2, -0.15) is 0 Å². The number of nitrogens with zero attached hydrogens (tertiary/aromatic N) is 4. The highest BCUT2D eigenvalue weighted by Gasteiger charge is 2.37. The van der Waals surface area contributed by atoms with Crippen molar-refractivity contribution in [3.05, 3.63) is 92.2 Å². The molecule has 1 saturated heterocycles. The van der Waals surface area contributed by atoms with E-state index in [4.69, 9.17) is 42.4 Å². The minimum atomic E-state index is -1.22. The zero-order valence-electron chi connectivity index (χ0n) is 30.2. The molecule has 2 aromatic carbocycles. The number of aromatic nitrogens is 2. The number of halogens is 2. The van der Waals surface area contributed by atoms with Crippen molar-refractivity contribution in [1.29, 1.82) is 0 Å². The van der Waals surface area contributed by atoms with Gasteiger partial charge in [-0.25, -0.2) is 4.98 Å². The van der Waals surface area contributed by atoms with E-state index in [1.54, 1.807) is 7.11 Å². The number of hydrogen-bond donors (Lipinski definition) is 0. The van der Waals surface area contributed by atoms with Gasteiger partial charge in [-0.15, -0.1) is 0 Å². The van der Waals surface area contributed by atoms with Gasteiger partial charge in [0.1, 0.15) is 13.3 Å². The van der Waals surface area contributed by atoms with Crippen molar-refractivity contribution < 1.29 is 19.0 Å². The van der Waals surface area contributed by atoms with Gasteiger partial charge in [0, 0.05) is 75.1 Å². The number of methoxy groups -OCH3 is 1. The Balaban J connectivity index is 1.36. The average Bonchev–Trinajstić information content (AvgIpc) is 3.50. The predicted molar refractivity (Wildman–Crippen MR) is 204 cm³/mol. The monoisotopic (exact) mass is 736 g/mol. The third kappa shape index (κ3) is 7.93. The first-order valence-corrected chi connectivity index (χ1v) is 22.2. The van der Waals surface area contributed by atoms with Crippen molar-refractivity contribution in [2.24, 2.45) is 5.92 Å². The summed E-state index contributed by atoms with van der Waals surface area (Å²) in [6, 6.07) is 15.2. The standard InChI is InChI=1S/C39H50Cl2N4O4Si/c1-7-11-33-36-28(14-17-45(36)25-48-18-19-50(4,5)6)31(38(42-33)49-24-26-12-9-8-10-13-26)23-44-16-15-29-32(40)20-30(35(41)34(29)39(44)46)37(47-3)27-21-43(2)22-27/h8-10,12-14,17,20,27,37H,7,11,15-16,18-19,21-25H2,1-6H3. The molecule has 6 rings (SSSR count). The minimum absolute atomic E-state index is 0.144. The third-order valence-corrected chi connectivity index (χ3v) is 12.3. The van der Waals surface area contributed by atoms with Crippen molar-refractivity contribution in [3.8, 4) is 5.88 Å². The summed E-state index contributed by atoms with van der Waals surface area (Å²) in [6.45, 7) is 13.4.